The lowest BCUT2D eigenvalue weighted by Gasteiger charge is -2.27. The third-order valence-electron chi connectivity index (χ3n) is 4.29. The van der Waals surface area contributed by atoms with Crippen LogP contribution < -0.4 is 16.0 Å². The van der Waals surface area contributed by atoms with Crippen LogP contribution >= 0.6 is 0 Å². The number of rotatable bonds is 7. The van der Waals surface area contributed by atoms with Gasteiger partial charge in [-0.15, -0.1) is 0 Å². The average Bonchev–Trinajstić information content (AvgIpc) is 2.86. The van der Waals surface area contributed by atoms with Gasteiger partial charge in [-0.05, 0) is 37.9 Å². The summed E-state index contributed by atoms with van der Waals surface area (Å²) in [6.45, 7) is 6.46. The molecule has 0 aromatic heterocycles. The Morgan fingerprint density at radius 1 is 1.48 bits per heavy atom. The molecule has 1 aliphatic rings. The summed E-state index contributed by atoms with van der Waals surface area (Å²) in [6, 6.07) is 8.25. The highest BCUT2D eigenvalue weighted by atomic mass is 16.2. The second kappa shape index (κ2) is 7.46. The van der Waals surface area contributed by atoms with E-state index in [1.807, 2.05) is 13.0 Å². The molecule has 2 unspecified atom stereocenters. The van der Waals surface area contributed by atoms with E-state index in [0.29, 0.717) is 12.5 Å². The second-order valence-electron chi connectivity index (χ2n) is 5.81. The normalized spacial score (nSPS) is 18.4. The van der Waals surface area contributed by atoms with Gasteiger partial charge in [-0.25, -0.2) is 0 Å². The first-order valence-electron chi connectivity index (χ1n) is 8.02. The van der Waals surface area contributed by atoms with Gasteiger partial charge < -0.3 is 16.0 Å². The minimum atomic E-state index is -0.134. The molecule has 1 heterocycles. The second-order valence-corrected chi connectivity index (χ2v) is 5.81. The monoisotopic (exact) mass is 289 g/mol. The number of nitrogens with two attached hydrogens (primary N) is 1. The van der Waals surface area contributed by atoms with E-state index >= 15 is 0 Å². The molecule has 0 saturated carbocycles. The summed E-state index contributed by atoms with van der Waals surface area (Å²) in [4.78, 5) is 14.5. The maximum absolute atomic E-state index is 12.3. The van der Waals surface area contributed by atoms with Crippen LogP contribution in [0.25, 0.3) is 0 Å². The van der Waals surface area contributed by atoms with Gasteiger partial charge in [0.1, 0.15) is 6.04 Å². The zero-order valence-corrected chi connectivity index (χ0v) is 13.1. The number of amides is 1. The van der Waals surface area contributed by atoms with E-state index in [1.54, 1.807) is 0 Å². The van der Waals surface area contributed by atoms with E-state index in [4.69, 9.17) is 5.73 Å². The molecule has 4 nitrogen and oxygen atoms in total. The van der Waals surface area contributed by atoms with Crippen LogP contribution in [-0.4, -0.2) is 31.6 Å². The number of carbonyl (C=O) groups is 1. The number of benzene rings is 1. The van der Waals surface area contributed by atoms with Gasteiger partial charge in [-0.3, -0.25) is 4.79 Å². The van der Waals surface area contributed by atoms with Crippen LogP contribution in [0.4, 0.5) is 5.69 Å². The van der Waals surface area contributed by atoms with E-state index in [-0.39, 0.29) is 11.9 Å². The fourth-order valence-corrected chi connectivity index (χ4v) is 3.02. The summed E-state index contributed by atoms with van der Waals surface area (Å²) in [6.07, 6.45) is 3.10. The first-order chi connectivity index (χ1) is 10.2. The van der Waals surface area contributed by atoms with Crippen LogP contribution in [0.1, 0.15) is 44.6 Å². The molecule has 3 N–H and O–H groups in total. The molecule has 116 valence electrons. The Labute approximate surface area is 127 Å². The average molecular weight is 289 g/mol. The summed E-state index contributed by atoms with van der Waals surface area (Å²) < 4.78 is 0. The van der Waals surface area contributed by atoms with Crippen molar-refractivity contribution < 1.29 is 4.79 Å². The first kappa shape index (κ1) is 15.8. The van der Waals surface area contributed by atoms with E-state index < -0.39 is 0 Å². The van der Waals surface area contributed by atoms with Crippen LogP contribution in [0.5, 0.6) is 0 Å². The number of hydrogen-bond acceptors (Lipinski definition) is 3. The molecule has 0 bridgehead atoms. The molecule has 1 aliphatic heterocycles. The molecule has 4 heteroatoms. The number of unbranched alkanes of at least 4 members (excludes halogenated alkanes) is 1. The minimum Gasteiger partial charge on any atom is -0.359 e. The van der Waals surface area contributed by atoms with E-state index in [1.165, 1.54) is 11.3 Å². The Balaban J connectivity index is 2.08. The lowest BCUT2D eigenvalue weighted by atomic mass is 9.98. The van der Waals surface area contributed by atoms with E-state index in [2.05, 4.69) is 35.3 Å². The zero-order chi connectivity index (χ0) is 15.2. The molecule has 0 aliphatic carbocycles. The van der Waals surface area contributed by atoms with Gasteiger partial charge in [0, 0.05) is 24.7 Å². The number of anilines is 1. The molecular formula is C17H27N3O. The van der Waals surface area contributed by atoms with Crippen molar-refractivity contribution in [2.24, 2.45) is 5.73 Å². The van der Waals surface area contributed by atoms with Crippen LogP contribution in [0, 0.1) is 0 Å². The zero-order valence-electron chi connectivity index (χ0n) is 13.1. The fraction of sp³-hybridized carbons (Fsp3) is 0.588. The number of hydrogen-bond donors (Lipinski definition) is 2. The van der Waals surface area contributed by atoms with Crippen molar-refractivity contribution in [1.82, 2.24) is 5.32 Å². The maximum atomic E-state index is 12.3. The smallest absolute Gasteiger partial charge is 0.242 e. The van der Waals surface area contributed by atoms with Crippen LogP contribution in [0.3, 0.4) is 0 Å². The molecule has 0 saturated heterocycles. The van der Waals surface area contributed by atoms with Gasteiger partial charge in [0.2, 0.25) is 5.91 Å². The Bertz CT molecular complexity index is 475. The molecular weight excluding hydrogens is 262 g/mol. The Hall–Kier alpha value is -1.55. The molecule has 0 spiro atoms. The van der Waals surface area contributed by atoms with E-state index in [9.17, 15) is 4.79 Å². The molecule has 2 atom stereocenters. The van der Waals surface area contributed by atoms with Crippen molar-refractivity contribution in [1.29, 1.82) is 0 Å². The number of carbonyl (C=O) groups excluding carboxylic acids is 1. The maximum Gasteiger partial charge on any atom is 0.242 e. The molecule has 2 rings (SSSR count). The molecule has 21 heavy (non-hydrogen) atoms. The van der Waals surface area contributed by atoms with Crippen molar-refractivity contribution in [2.75, 3.05) is 24.5 Å². The first-order valence-corrected chi connectivity index (χ1v) is 8.02. The Kier molecular flexibility index (Phi) is 5.62. The number of para-hydroxylation sites is 1. The summed E-state index contributed by atoms with van der Waals surface area (Å²) in [5, 5.41) is 3.03. The SMILES string of the molecule is CCCCNC(=O)C(C)N1CC(CCN)c2ccccc21. The van der Waals surface area contributed by atoms with Gasteiger partial charge in [0.15, 0.2) is 0 Å². The number of nitrogens with one attached hydrogen (secondary N) is 1. The molecule has 1 aromatic rings. The van der Waals surface area contributed by atoms with Gasteiger partial charge >= 0.3 is 0 Å². The quantitative estimate of drug-likeness (QED) is 0.757. The fourth-order valence-electron chi connectivity index (χ4n) is 3.02. The third-order valence-corrected chi connectivity index (χ3v) is 4.29. The minimum absolute atomic E-state index is 0.117. The summed E-state index contributed by atoms with van der Waals surface area (Å²) in [7, 11) is 0. The third kappa shape index (κ3) is 3.56. The predicted molar refractivity (Wildman–Crippen MR) is 87.6 cm³/mol. The van der Waals surface area contributed by atoms with Gasteiger partial charge in [0.25, 0.3) is 0 Å². The molecule has 1 amide bonds. The summed E-state index contributed by atoms with van der Waals surface area (Å²) in [5.74, 6) is 0.559. The lowest BCUT2D eigenvalue weighted by molar-refractivity contribution is -0.122. The van der Waals surface area contributed by atoms with Crippen molar-refractivity contribution in [2.45, 2.75) is 45.1 Å². The van der Waals surface area contributed by atoms with Gasteiger partial charge in [0.05, 0.1) is 0 Å². The van der Waals surface area contributed by atoms with Gasteiger partial charge in [-0.2, -0.15) is 0 Å². The van der Waals surface area contributed by atoms with Crippen molar-refractivity contribution in [3.05, 3.63) is 29.8 Å². The van der Waals surface area contributed by atoms with Gasteiger partial charge in [-0.1, -0.05) is 31.5 Å². The molecule has 0 radical (unpaired) electrons. The van der Waals surface area contributed by atoms with E-state index in [0.717, 1.165) is 32.4 Å². The standard InChI is InChI=1S/C17H27N3O/c1-3-4-11-19-17(21)13(2)20-12-14(9-10-18)15-7-5-6-8-16(15)20/h5-8,13-14H,3-4,9-12,18H2,1-2H3,(H,19,21). The number of nitrogens with zero attached hydrogens (tertiary/aromatic N) is 1. The topological polar surface area (TPSA) is 58.4 Å². The highest BCUT2D eigenvalue weighted by molar-refractivity contribution is 5.85. The molecule has 0 fully saturated rings. The lowest BCUT2D eigenvalue weighted by Crippen LogP contribution is -2.45. The summed E-state index contributed by atoms with van der Waals surface area (Å²) >= 11 is 0. The predicted octanol–water partition coefficient (Wildman–Crippen LogP) is 2.24. The Morgan fingerprint density at radius 2 is 2.24 bits per heavy atom. The largest absolute Gasteiger partial charge is 0.359 e. The Morgan fingerprint density at radius 3 is 2.95 bits per heavy atom. The van der Waals surface area contributed by atoms with Crippen LogP contribution in [0.15, 0.2) is 24.3 Å². The summed E-state index contributed by atoms with van der Waals surface area (Å²) in [5.41, 5.74) is 8.25. The van der Waals surface area contributed by atoms with Crippen LogP contribution in [-0.2, 0) is 4.79 Å². The van der Waals surface area contributed by atoms with Crippen molar-refractivity contribution in [3.63, 3.8) is 0 Å². The number of fused-ring (bicyclic) bond motifs is 1. The highest BCUT2D eigenvalue weighted by Crippen LogP contribution is 2.38. The molecule has 1 aromatic carbocycles. The van der Waals surface area contributed by atoms with Crippen LogP contribution in [0.2, 0.25) is 0 Å². The van der Waals surface area contributed by atoms with Crippen molar-refractivity contribution in [3.8, 4) is 0 Å². The highest BCUT2D eigenvalue weighted by Gasteiger charge is 2.32. The van der Waals surface area contributed by atoms with Crippen molar-refractivity contribution >= 4 is 11.6 Å².